The Morgan fingerprint density at radius 3 is 2.43 bits per heavy atom. The highest BCUT2D eigenvalue weighted by Crippen LogP contribution is 2.25. The molecule has 14 heavy (non-hydrogen) atoms. The van der Waals surface area contributed by atoms with Crippen LogP contribution in [0.15, 0.2) is 29.0 Å². The molecule has 0 saturated heterocycles. The van der Waals surface area contributed by atoms with Crippen LogP contribution in [0, 0.1) is 10.8 Å². The van der Waals surface area contributed by atoms with E-state index in [1.54, 1.807) is 12.2 Å². The van der Waals surface area contributed by atoms with Gasteiger partial charge in [-0.25, -0.2) is 0 Å². The number of nitrogens with zero attached hydrogens (tertiary/aromatic N) is 1. The maximum atomic E-state index is 8.55. The number of hydrogen-bond acceptors (Lipinski definition) is 3. The van der Waals surface area contributed by atoms with Crippen molar-refractivity contribution in [3.8, 4) is 0 Å². The van der Waals surface area contributed by atoms with Gasteiger partial charge >= 0.3 is 0 Å². The van der Waals surface area contributed by atoms with E-state index >= 15 is 0 Å². The minimum atomic E-state index is 0.213. The summed E-state index contributed by atoms with van der Waals surface area (Å²) in [6.07, 6.45) is 6.24. The smallest absolute Gasteiger partial charge is 0.127 e. The number of rotatable bonds is 1. The Kier molecular flexibility index (Phi) is 2.89. The molecular formula is C11H16N2O. The van der Waals surface area contributed by atoms with Crippen LogP contribution >= 0.6 is 0 Å². The predicted octanol–water partition coefficient (Wildman–Crippen LogP) is 2.77. The van der Waals surface area contributed by atoms with Crippen molar-refractivity contribution in [1.82, 2.24) is 0 Å². The van der Waals surface area contributed by atoms with Gasteiger partial charge in [0.2, 0.25) is 0 Å². The fraction of sp³-hybridized carbons (Fsp3) is 0.455. The Morgan fingerprint density at radius 2 is 2.00 bits per heavy atom. The van der Waals surface area contributed by atoms with Gasteiger partial charge in [0.1, 0.15) is 5.71 Å². The van der Waals surface area contributed by atoms with Crippen molar-refractivity contribution in [3.63, 3.8) is 0 Å². The van der Waals surface area contributed by atoms with Gasteiger partial charge in [0.25, 0.3) is 0 Å². The van der Waals surface area contributed by atoms with Crippen molar-refractivity contribution in [1.29, 1.82) is 5.41 Å². The Labute approximate surface area is 84.3 Å². The summed E-state index contributed by atoms with van der Waals surface area (Å²) in [7, 11) is 0. The lowest BCUT2D eigenvalue weighted by Crippen LogP contribution is -2.14. The molecule has 0 amide bonds. The molecule has 1 aliphatic carbocycles. The third kappa shape index (κ3) is 2.83. The highest BCUT2D eigenvalue weighted by atomic mass is 16.4. The summed E-state index contributed by atoms with van der Waals surface area (Å²) >= 11 is 0. The Hall–Kier alpha value is -1.38. The minimum Gasteiger partial charge on any atom is -0.410 e. The van der Waals surface area contributed by atoms with Crippen LogP contribution in [0.2, 0.25) is 0 Å². The van der Waals surface area contributed by atoms with E-state index in [-0.39, 0.29) is 11.1 Å². The van der Waals surface area contributed by atoms with Crippen LogP contribution in [0.5, 0.6) is 0 Å². The standard InChI is InChI=1S/C11H16N2O/c1-11(2,3)7-8-4-5-10(13-14)9(12)6-8/h4-6,12,14H,7H2,1-3H3/b12-9?,13-10-. The lowest BCUT2D eigenvalue weighted by atomic mass is 9.86. The normalized spacial score (nSPS) is 20.1. The molecule has 1 aliphatic rings. The third-order valence-electron chi connectivity index (χ3n) is 1.90. The van der Waals surface area contributed by atoms with Gasteiger partial charge in [-0.3, -0.25) is 5.41 Å². The second kappa shape index (κ2) is 3.78. The third-order valence-corrected chi connectivity index (χ3v) is 1.90. The van der Waals surface area contributed by atoms with Crippen LogP contribution < -0.4 is 0 Å². The van der Waals surface area contributed by atoms with Gasteiger partial charge in [-0.05, 0) is 29.6 Å². The number of oxime groups is 1. The van der Waals surface area contributed by atoms with Crippen LogP contribution in [-0.2, 0) is 0 Å². The average molecular weight is 192 g/mol. The molecule has 0 radical (unpaired) electrons. The molecule has 0 heterocycles. The van der Waals surface area contributed by atoms with Crippen molar-refractivity contribution >= 4 is 11.4 Å². The van der Waals surface area contributed by atoms with Crippen molar-refractivity contribution in [3.05, 3.63) is 23.8 Å². The Bertz CT molecular complexity index is 330. The van der Waals surface area contributed by atoms with E-state index in [1.165, 1.54) is 0 Å². The van der Waals surface area contributed by atoms with Crippen molar-refractivity contribution in [2.75, 3.05) is 0 Å². The SMILES string of the molecule is CC(C)(C)CC1=CC(=N)/C(=N\O)C=C1. The first-order chi connectivity index (χ1) is 6.42. The molecular weight excluding hydrogens is 176 g/mol. The van der Waals surface area contributed by atoms with Crippen molar-refractivity contribution in [2.24, 2.45) is 10.6 Å². The molecule has 3 heteroatoms. The predicted molar refractivity (Wildman–Crippen MR) is 58.2 cm³/mol. The van der Waals surface area contributed by atoms with E-state index in [0.29, 0.717) is 5.71 Å². The van der Waals surface area contributed by atoms with Crippen molar-refractivity contribution in [2.45, 2.75) is 27.2 Å². The molecule has 76 valence electrons. The van der Waals surface area contributed by atoms with E-state index < -0.39 is 0 Å². The molecule has 0 aromatic carbocycles. The highest BCUT2D eigenvalue weighted by molar-refractivity contribution is 6.50. The molecule has 0 saturated carbocycles. The zero-order valence-electron chi connectivity index (χ0n) is 8.83. The summed E-state index contributed by atoms with van der Waals surface area (Å²) in [5.41, 5.74) is 1.91. The molecule has 0 spiro atoms. The van der Waals surface area contributed by atoms with E-state index in [9.17, 15) is 0 Å². The van der Waals surface area contributed by atoms with Gasteiger partial charge in [-0.15, -0.1) is 0 Å². The lowest BCUT2D eigenvalue weighted by Gasteiger charge is -2.20. The van der Waals surface area contributed by atoms with E-state index in [4.69, 9.17) is 10.6 Å². The molecule has 0 aromatic heterocycles. The number of allylic oxidation sites excluding steroid dienone is 4. The van der Waals surface area contributed by atoms with Crippen LogP contribution in [-0.4, -0.2) is 16.6 Å². The molecule has 0 aromatic rings. The highest BCUT2D eigenvalue weighted by Gasteiger charge is 2.15. The molecule has 0 aliphatic heterocycles. The zero-order chi connectivity index (χ0) is 10.8. The maximum absolute atomic E-state index is 8.55. The van der Waals surface area contributed by atoms with Crippen LogP contribution in [0.1, 0.15) is 27.2 Å². The van der Waals surface area contributed by atoms with Gasteiger partial charge in [-0.2, -0.15) is 0 Å². The van der Waals surface area contributed by atoms with Crippen LogP contribution in [0.4, 0.5) is 0 Å². The van der Waals surface area contributed by atoms with E-state index in [0.717, 1.165) is 12.0 Å². The zero-order valence-corrected chi connectivity index (χ0v) is 8.83. The molecule has 3 nitrogen and oxygen atoms in total. The first-order valence-corrected chi connectivity index (χ1v) is 4.62. The molecule has 0 atom stereocenters. The number of hydrogen-bond donors (Lipinski definition) is 2. The fourth-order valence-electron chi connectivity index (χ4n) is 1.39. The molecule has 0 bridgehead atoms. The van der Waals surface area contributed by atoms with Gasteiger partial charge in [0, 0.05) is 0 Å². The molecule has 0 fully saturated rings. The summed E-state index contributed by atoms with van der Waals surface area (Å²) in [6.45, 7) is 6.46. The summed E-state index contributed by atoms with van der Waals surface area (Å²) in [5.74, 6) is 0. The van der Waals surface area contributed by atoms with Gasteiger partial charge < -0.3 is 5.21 Å². The minimum absolute atomic E-state index is 0.213. The monoisotopic (exact) mass is 192 g/mol. The quantitative estimate of drug-likeness (QED) is 0.374. The van der Waals surface area contributed by atoms with Gasteiger partial charge in [0.15, 0.2) is 0 Å². The second-order valence-corrected chi connectivity index (χ2v) is 4.69. The first-order valence-electron chi connectivity index (χ1n) is 4.62. The van der Waals surface area contributed by atoms with E-state index in [2.05, 4.69) is 25.9 Å². The largest absolute Gasteiger partial charge is 0.410 e. The van der Waals surface area contributed by atoms with Gasteiger partial charge in [-0.1, -0.05) is 32.0 Å². The molecule has 0 unspecified atom stereocenters. The molecule has 1 rings (SSSR count). The Balaban J connectivity index is 2.78. The summed E-state index contributed by atoms with van der Waals surface area (Å²) < 4.78 is 0. The summed E-state index contributed by atoms with van der Waals surface area (Å²) in [5, 5.41) is 19.1. The Morgan fingerprint density at radius 1 is 1.36 bits per heavy atom. The fourth-order valence-corrected chi connectivity index (χ4v) is 1.39. The van der Waals surface area contributed by atoms with Crippen LogP contribution in [0.3, 0.4) is 0 Å². The van der Waals surface area contributed by atoms with Gasteiger partial charge in [0.05, 0.1) is 5.71 Å². The second-order valence-electron chi connectivity index (χ2n) is 4.69. The lowest BCUT2D eigenvalue weighted by molar-refractivity contribution is 0.320. The summed E-state index contributed by atoms with van der Waals surface area (Å²) in [6, 6.07) is 0. The maximum Gasteiger partial charge on any atom is 0.127 e. The van der Waals surface area contributed by atoms with Crippen LogP contribution in [0.25, 0.3) is 0 Å². The number of nitrogens with one attached hydrogen (secondary N) is 1. The first kappa shape index (κ1) is 10.7. The summed E-state index contributed by atoms with van der Waals surface area (Å²) in [4.78, 5) is 0. The topological polar surface area (TPSA) is 56.4 Å². The van der Waals surface area contributed by atoms with E-state index in [1.807, 2.05) is 6.08 Å². The average Bonchev–Trinajstić information content (AvgIpc) is 2.01. The molecule has 2 N–H and O–H groups in total. The van der Waals surface area contributed by atoms with Crippen molar-refractivity contribution < 1.29 is 5.21 Å².